The Kier molecular flexibility index (Phi) is 7.17. The summed E-state index contributed by atoms with van der Waals surface area (Å²) < 4.78 is 0. The van der Waals surface area contributed by atoms with E-state index in [1.165, 1.54) is 19.3 Å². The Morgan fingerprint density at radius 2 is 2.08 bits per heavy atom. The molecular weight excluding hydrogens is 146 g/mol. The van der Waals surface area contributed by atoms with Crippen LogP contribution in [0.1, 0.15) is 40.0 Å². The first kappa shape index (κ1) is 11.7. The highest BCUT2D eigenvalue weighted by molar-refractivity contribution is 4.86. The molecular formula is C11H23N. The van der Waals surface area contributed by atoms with Crippen LogP contribution in [0, 0.1) is 5.92 Å². The second kappa shape index (κ2) is 7.35. The van der Waals surface area contributed by atoms with E-state index in [9.17, 15) is 0 Å². The van der Waals surface area contributed by atoms with Crippen molar-refractivity contribution in [3.05, 3.63) is 12.7 Å². The third-order valence-electron chi connectivity index (χ3n) is 2.29. The molecule has 1 nitrogen and oxygen atoms in total. The van der Waals surface area contributed by atoms with Gasteiger partial charge in [-0.2, -0.15) is 0 Å². The summed E-state index contributed by atoms with van der Waals surface area (Å²) in [6.45, 7) is 11.7. The zero-order chi connectivity index (χ0) is 9.40. The van der Waals surface area contributed by atoms with Crippen LogP contribution in [0.2, 0.25) is 0 Å². The molecule has 0 heterocycles. The van der Waals surface area contributed by atoms with Gasteiger partial charge in [0.15, 0.2) is 0 Å². The summed E-state index contributed by atoms with van der Waals surface area (Å²) in [5.41, 5.74) is 0. The maximum absolute atomic E-state index is 3.84. The summed E-state index contributed by atoms with van der Waals surface area (Å²) in [5, 5.41) is 3.47. The zero-order valence-corrected chi connectivity index (χ0v) is 8.77. The van der Waals surface area contributed by atoms with Crippen molar-refractivity contribution in [3.8, 4) is 0 Å². The van der Waals surface area contributed by atoms with E-state index in [-0.39, 0.29) is 0 Å². The van der Waals surface area contributed by atoms with Gasteiger partial charge in [0.25, 0.3) is 0 Å². The number of nitrogens with one attached hydrogen (secondary N) is 1. The Bertz CT molecular complexity index is 110. The lowest BCUT2D eigenvalue weighted by Crippen LogP contribution is -2.29. The predicted molar refractivity (Wildman–Crippen MR) is 56.4 cm³/mol. The van der Waals surface area contributed by atoms with Gasteiger partial charge in [-0.1, -0.05) is 33.3 Å². The molecule has 0 spiro atoms. The fourth-order valence-electron chi connectivity index (χ4n) is 1.19. The average Bonchev–Trinajstić information content (AvgIpc) is 2.11. The second-order valence-corrected chi connectivity index (χ2v) is 3.55. The molecule has 1 heteroatoms. The molecule has 0 radical (unpaired) electrons. The van der Waals surface area contributed by atoms with Gasteiger partial charge in [-0.15, -0.1) is 6.58 Å². The monoisotopic (exact) mass is 169 g/mol. The molecule has 2 atom stereocenters. The third-order valence-corrected chi connectivity index (χ3v) is 2.29. The summed E-state index contributed by atoms with van der Waals surface area (Å²) in [7, 11) is 0. The maximum Gasteiger partial charge on any atom is 0.0249 e. The van der Waals surface area contributed by atoms with Gasteiger partial charge >= 0.3 is 0 Å². The summed E-state index contributed by atoms with van der Waals surface area (Å²) in [6.07, 6.45) is 5.71. The first-order chi connectivity index (χ1) is 5.74. The molecule has 0 saturated heterocycles. The largest absolute Gasteiger partial charge is 0.311 e. The highest BCUT2D eigenvalue weighted by atomic mass is 14.9. The third kappa shape index (κ3) is 5.36. The molecule has 0 aromatic rings. The zero-order valence-electron chi connectivity index (χ0n) is 8.77. The molecule has 0 aliphatic carbocycles. The van der Waals surface area contributed by atoms with Crippen LogP contribution in [0.5, 0.6) is 0 Å². The molecule has 2 unspecified atom stereocenters. The summed E-state index contributed by atoms with van der Waals surface area (Å²) >= 11 is 0. The minimum Gasteiger partial charge on any atom is -0.311 e. The van der Waals surface area contributed by atoms with Crippen molar-refractivity contribution in [2.24, 2.45) is 5.92 Å². The summed E-state index contributed by atoms with van der Waals surface area (Å²) in [5.74, 6) is 0.803. The molecule has 0 fully saturated rings. The van der Waals surface area contributed by atoms with Crippen LogP contribution in [0.4, 0.5) is 0 Å². The van der Waals surface area contributed by atoms with E-state index in [0.717, 1.165) is 12.5 Å². The first-order valence-electron chi connectivity index (χ1n) is 5.10. The van der Waals surface area contributed by atoms with E-state index in [2.05, 4.69) is 32.7 Å². The number of hydrogen-bond donors (Lipinski definition) is 1. The standard InChI is InChI=1S/C11H23N/c1-5-8-12-11(7-3)9-10(4)6-2/h7,10-12H,3,5-6,8-9H2,1-2,4H3. The van der Waals surface area contributed by atoms with E-state index in [1.807, 2.05) is 6.08 Å². The van der Waals surface area contributed by atoms with Crippen LogP contribution in [-0.4, -0.2) is 12.6 Å². The van der Waals surface area contributed by atoms with Crippen LogP contribution in [-0.2, 0) is 0 Å². The first-order valence-corrected chi connectivity index (χ1v) is 5.10. The SMILES string of the molecule is C=CC(CC(C)CC)NCCC. The Morgan fingerprint density at radius 1 is 1.42 bits per heavy atom. The average molecular weight is 169 g/mol. The topological polar surface area (TPSA) is 12.0 Å². The quantitative estimate of drug-likeness (QED) is 0.578. The van der Waals surface area contributed by atoms with Gasteiger partial charge in [-0.05, 0) is 25.3 Å². The van der Waals surface area contributed by atoms with Crippen molar-refractivity contribution >= 4 is 0 Å². The maximum atomic E-state index is 3.84. The molecule has 0 aromatic carbocycles. The van der Waals surface area contributed by atoms with E-state index in [4.69, 9.17) is 0 Å². The number of hydrogen-bond acceptors (Lipinski definition) is 1. The molecule has 0 bridgehead atoms. The normalized spacial score (nSPS) is 15.6. The minimum atomic E-state index is 0.514. The summed E-state index contributed by atoms with van der Waals surface area (Å²) in [6, 6.07) is 0.514. The molecule has 0 aliphatic rings. The van der Waals surface area contributed by atoms with Gasteiger partial charge in [0.1, 0.15) is 0 Å². The van der Waals surface area contributed by atoms with Crippen molar-refractivity contribution in [2.75, 3.05) is 6.54 Å². The lowest BCUT2D eigenvalue weighted by molar-refractivity contribution is 0.438. The molecule has 12 heavy (non-hydrogen) atoms. The molecule has 0 aromatic heterocycles. The predicted octanol–water partition coefficient (Wildman–Crippen LogP) is 2.98. The van der Waals surface area contributed by atoms with Gasteiger partial charge in [-0.3, -0.25) is 0 Å². The number of rotatable bonds is 7. The Balaban J connectivity index is 3.59. The summed E-state index contributed by atoms with van der Waals surface area (Å²) in [4.78, 5) is 0. The van der Waals surface area contributed by atoms with Crippen molar-refractivity contribution < 1.29 is 0 Å². The van der Waals surface area contributed by atoms with E-state index < -0.39 is 0 Å². The van der Waals surface area contributed by atoms with E-state index in [1.54, 1.807) is 0 Å². The van der Waals surface area contributed by atoms with Crippen LogP contribution in [0.15, 0.2) is 12.7 Å². The van der Waals surface area contributed by atoms with E-state index in [0.29, 0.717) is 6.04 Å². The minimum absolute atomic E-state index is 0.514. The van der Waals surface area contributed by atoms with Gasteiger partial charge < -0.3 is 5.32 Å². The Morgan fingerprint density at radius 3 is 2.50 bits per heavy atom. The van der Waals surface area contributed by atoms with Gasteiger partial charge in [-0.25, -0.2) is 0 Å². The molecule has 0 amide bonds. The van der Waals surface area contributed by atoms with Crippen LogP contribution < -0.4 is 5.32 Å². The molecule has 1 N–H and O–H groups in total. The molecule has 0 rings (SSSR count). The van der Waals surface area contributed by atoms with Crippen molar-refractivity contribution in [1.82, 2.24) is 5.32 Å². The highest BCUT2D eigenvalue weighted by Gasteiger charge is 2.06. The fourth-order valence-corrected chi connectivity index (χ4v) is 1.19. The van der Waals surface area contributed by atoms with Crippen molar-refractivity contribution in [1.29, 1.82) is 0 Å². The van der Waals surface area contributed by atoms with Gasteiger partial charge in [0, 0.05) is 6.04 Å². The van der Waals surface area contributed by atoms with Crippen LogP contribution >= 0.6 is 0 Å². The second-order valence-electron chi connectivity index (χ2n) is 3.55. The Labute approximate surface area is 77.2 Å². The van der Waals surface area contributed by atoms with Crippen molar-refractivity contribution in [3.63, 3.8) is 0 Å². The molecule has 0 aliphatic heterocycles. The smallest absolute Gasteiger partial charge is 0.0249 e. The Hall–Kier alpha value is -0.300. The van der Waals surface area contributed by atoms with Crippen LogP contribution in [0.3, 0.4) is 0 Å². The molecule has 72 valence electrons. The fraction of sp³-hybridized carbons (Fsp3) is 0.818. The lowest BCUT2D eigenvalue weighted by atomic mass is 9.99. The highest BCUT2D eigenvalue weighted by Crippen LogP contribution is 2.10. The van der Waals surface area contributed by atoms with Crippen molar-refractivity contribution in [2.45, 2.75) is 46.1 Å². The van der Waals surface area contributed by atoms with Gasteiger partial charge in [0.2, 0.25) is 0 Å². The molecule has 0 saturated carbocycles. The van der Waals surface area contributed by atoms with E-state index >= 15 is 0 Å². The van der Waals surface area contributed by atoms with Crippen LogP contribution in [0.25, 0.3) is 0 Å². The van der Waals surface area contributed by atoms with Gasteiger partial charge in [0.05, 0.1) is 0 Å². The lowest BCUT2D eigenvalue weighted by Gasteiger charge is -2.17.